The second-order valence-corrected chi connectivity index (χ2v) is 2.31. The third-order valence-corrected chi connectivity index (χ3v) is 0.779. The van der Waals surface area contributed by atoms with Crippen LogP contribution in [-0.4, -0.2) is 37.5 Å². The van der Waals surface area contributed by atoms with E-state index in [0.29, 0.717) is 0 Å². The van der Waals surface area contributed by atoms with E-state index in [1.165, 1.54) is 6.92 Å². The molecule has 0 fully saturated rings. The first-order valence-corrected chi connectivity index (χ1v) is 3.17. The van der Waals surface area contributed by atoms with Gasteiger partial charge in [-0.05, 0) is 0 Å². The maximum absolute atomic E-state index is 10.1. The van der Waals surface area contributed by atoms with Crippen LogP contribution in [0.5, 0.6) is 0 Å². The zero-order valence-electron chi connectivity index (χ0n) is 5.24. The van der Waals surface area contributed by atoms with Crippen LogP contribution in [0, 0.1) is 0 Å². The van der Waals surface area contributed by atoms with Crippen molar-refractivity contribution in [1.82, 2.24) is 0 Å². The first kappa shape index (κ1) is 9.13. The van der Waals surface area contributed by atoms with Crippen LogP contribution < -0.4 is 5.73 Å². The average molecular weight is 207 g/mol. The van der Waals surface area contributed by atoms with Crippen molar-refractivity contribution in [2.75, 3.05) is 0 Å². The Kier molecular flexibility index (Phi) is 3.68. The quantitative estimate of drug-likeness (QED) is 0.261. The molecule has 0 bridgehead atoms. The zero-order chi connectivity index (χ0) is 8.15. The van der Waals surface area contributed by atoms with E-state index in [2.05, 4.69) is 26.2 Å². The molecule has 6 heteroatoms. The molecule has 0 unspecified atom stereocenters. The van der Waals surface area contributed by atoms with Crippen molar-refractivity contribution in [1.29, 1.82) is 0 Å². The summed E-state index contributed by atoms with van der Waals surface area (Å²) in [6.07, 6.45) is 0. The van der Waals surface area contributed by atoms with Crippen LogP contribution in [0.25, 0.3) is 0 Å². The summed E-state index contributed by atoms with van der Waals surface area (Å²) in [5.41, 5.74) is 4.94. The number of hydrogen-bond acceptors (Lipinski definition) is 3. The first-order chi connectivity index (χ1) is 4.54. The fraction of sp³-hybridized carbons (Fsp3) is 0.250. The molecule has 0 heterocycles. The van der Waals surface area contributed by atoms with Crippen molar-refractivity contribution >= 4 is 32.4 Å². The van der Waals surface area contributed by atoms with Gasteiger partial charge in [0, 0.05) is 0 Å². The van der Waals surface area contributed by atoms with E-state index >= 15 is 0 Å². The molecule has 0 atom stereocenters. The van der Waals surface area contributed by atoms with E-state index in [1.54, 1.807) is 0 Å². The van der Waals surface area contributed by atoms with Crippen molar-refractivity contribution in [2.45, 2.75) is 6.92 Å². The average Bonchev–Trinajstić information content (AvgIpc) is 1.82. The first-order valence-electron chi connectivity index (χ1n) is 2.32. The van der Waals surface area contributed by atoms with Crippen LogP contribution in [0.15, 0.2) is 10.2 Å². The fourth-order valence-corrected chi connectivity index (χ4v) is 0.253. The number of nitrogens with zero attached hydrogens (tertiary/aromatic N) is 2. The number of hydrogen-bond donors (Lipinski definition) is 2. The standard InChI is InChI=1S/C4H6N3O2Se/c1-2(3(8)9)6-7-4(5)10/h1H3,(H2,5,7)(H,8,9). The molecule has 0 amide bonds. The molecular formula is C4H6N3O2Se. The summed E-state index contributed by atoms with van der Waals surface area (Å²) in [6, 6.07) is 0. The summed E-state index contributed by atoms with van der Waals surface area (Å²) in [5.74, 6) is -1.11. The second kappa shape index (κ2) is 4.03. The van der Waals surface area contributed by atoms with Gasteiger partial charge in [0.2, 0.25) is 0 Å². The molecule has 0 aromatic heterocycles. The molecule has 10 heavy (non-hydrogen) atoms. The molecule has 0 aliphatic rings. The summed E-state index contributed by atoms with van der Waals surface area (Å²) in [6.45, 7) is 1.33. The molecule has 55 valence electrons. The van der Waals surface area contributed by atoms with Gasteiger partial charge in [0.15, 0.2) is 0 Å². The van der Waals surface area contributed by atoms with Crippen LogP contribution >= 0.6 is 0 Å². The Morgan fingerprint density at radius 1 is 1.60 bits per heavy atom. The minimum absolute atomic E-state index is 0.0989. The predicted molar refractivity (Wildman–Crippen MR) is 38.1 cm³/mol. The van der Waals surface area contributed by atoms with Gasteiger partial charge in [-0.15, -0.1) is 0 Å². The number of aliphatic carboxylic acids is 1. The second-order valence-electron chi connectivity index (χ2n) is 1.43. The Balaban J connectivity index is 4.19. The van der Waals surface area contributed by atoms with E-state index in [9.17, 15) is 4.79 Å². The topological polar surface area (TPSA) is 88.0 Å². The van der Waals surface area contributed by atoms with Crippen LogP contribution in [-0.2, 0) is 4.79 Å². The normalized spacial score (nSPS) is 13.3. The van der Waals surface area contributed by atoms with Gasteiger partial charge >= 0.3 is 65.2 Å². The van der Waals surface area contributed by atoms with Crippen LogP contribution in [0.2, 0.25) is 0 Å². The fourth-order valence-electron chi connectivity index (χ4n) is 0.167. The van der Waals surface area contributed by atoms with Gasteiger partial charge in [0.05, 0.1) is 0 Å². The van der Waals surface area contributed by atoms with E-state index in [-0.39, 0.29) is 10.4 Å². The molecule has 0 spiro atoms. The Labute approximate surface area is 65.8 Å². The molecule has 0 aromatic rings. The van der Waals surface area contributed by atoms with Gasteiger partial charge in [0.25, 0.3) is 0 Å². The number of rotatable bonds is 2. The predicted octanol–water partition coefficient (Wildman–Crippen LogP) is -1.07. The van der Waals surface area contributed by atoms with Gasteiger partial charge in [-0.25, -0.2) is 0 Å². The van der Waals surface area contributed by atoms with E-state index in [1.807, 2.05) is 0 Å². The number of nitrogens with two attached hydrogens (primary N) is 1. The number of amidine groups is 1. The number of carboxylic acid groups (broad SMARTS) is 1. The Bertz CT molecular complexity index is 195. The van der Waals surface area contributed by atoms with Crippen LogP contribution in [0.1, 0.15) is 6.92 Å². The van der Waals surface area contributed by atoms with Crippen molar-refractivity contribution < 1.29 is 9.90 Å². The molecule has 0 saturated carbocycles. The molecule has 0 aliphatic carbocycles. The van der Waals surface area contributed by atoms with Crippen molar-refractivity contribution in [2.24, 2.45) is 15.9 Å². The third-order valence-electron chi connectivity index (χ3n) is 0.608. The zero-order valence-corrected chi connectivity index (χ0v) is 6.95. The molecular weight excluding hydrogens is 201 g/mol. The van der Waals surface area contributed by atoms with E-state index in [4.69, 9.17) is 10.8 Å². The Hall–Kier alpha value is -0.871. The monoisotopic (exact) mass is 208 g/mol. The van der Waals surface area contributed by atoms with Gasteiger partial charge in [0.1, 0.15) is 0 Å². The van der Waals surface area contributed by atoms with Crippen molar-refractivity contribution in [3.05, 3.63) is 0 Å². The SMILES string of the molecule is CC(=N/N=C(/N)[Se])C(=O)O. The Morgan fingerprint density at radius 2 is 2.10 bits per heavy atom. The van der Waals surface area contributed by atoms with Gasteiger partial charge < -0.3 is 0 Å². The molecule has 0 aliphatic heterocycles. The maximum atomic E-state index is 10.1. The van der Waals surface area contributed by atoms with Crippen molar-refractivity contribution in [3.63, 3.8) is 0 Å². The van der Waals surface area contributed by atoms with Crippen LogP contribution in [0.3, 0.4) is 0 Å². The summed E-state index contributed by atoms with van der Waals surface area (Å²) in [7, 11) is 0. The number of carboxylic acids is 1. The van der Waals surface area contributed by atoms with Crippen LogP contribution in [0.4, 0.5) is 0 Å². The summed E-state index contributed by atoms with van der Waals surface area (Å²) < 4.78 is 0.112. The van der Waals surface area contributed by atoms with Gasteiger partial charge in [-0.2, -0.15) is 0 Å². The molecule has 1 radical (unpaired) electrons. The van der Waals surface area contributed by atoms with Crippen molar-refractivity contribution in [3.8, 4) is 0 Å². The third kappa shape index (κ3) is 4.05. The van der Waals surface area contributed by atoms with Gasteiger partial charge in [-0.3, -0.25) is 0 Å². The molecule has 0 rings (SSSR count). The van der Waals surface area contributed by atoms with E-state index in [0.717, 1.165) is 0 Å². The minimum atomic E-state index is -1.11. The summed E-state index contributed by atoms with van der Waals surface area (Å²) in [5, 5.41) is 14.8. The number of carbonyl (C=O) groups is 1. The van der Waals surface area contributed by atoms with E-state index < -0.39 is 5.97 Å². The molecule has 0 saturated heterocycles. The molecule has 5 nitrogen and oxygen atoms in total. The molecule has 3 N–H and O–H groups in total. The summed E-state index contributed by atoms with van der Waals surface area (Å²) in [4.78, 5) is 10.1. The molecule has 0 aromatic carbocycles. The Morgan fingerprint density at radius 3 is 2.40 bits per heavy atom. The summed E-state index contributed by atoms with van der Waals surface area (Å²) >= 11 is 2.36. The van der Waals surface area contributed by atoms with Gasteiger partial charge in [-0.1, -0.05) is 0 Å².